The normalized spacial score (nSPS) is 11.5. The molecule has 32 heavy (non-hydrogen) atoms. The molecular formula is C28H44O4. The van der Waals surface area contributed by atoms with Crippen molar-refractivity contribution in [2.45, 2.75) is 99.3 Å². The van der Waals surface area contributed by atoms with Crippen molar-refractivity contribution in [3.8, 4) is 11.5 Å². The lowest BCUT2D eigenvalue weighted by atomic mass is 10.0. The number of carbonyl (C=O) groups is 1. The van der Waals surface area contributed by atoms with Crippen LogP contribution >= 0.6 is 0 Å². The topological polar surface area (TPSA) is 55.8 Å². The highest BCUT2D eigenvalue weighted by atomic mass is 16.7. The molecule has 0 saturated heterocycles. The van der Waals surface area contributed by atoms with Crippen molar-refractivity contribution in [3.05, 3.63) is 46.6 Å². The zero-order valence-corrected chi connectivity index (χ0v) is 21.1. The third kappa shape index (κ3) is 10.4. The Hall–Kier alpha value is -2.23. The van der Waals surface area contributed by atoms with Gasteiger partial charge in [0.05, 0.1) is 5.92 Å². The zero-order chi connectivity index (χ0) is 23.9. The Bertz CT molecular complexity index is 753. The number of benzene rings is 1. The number of hydrogen-bond donors (Lipinski definition) is 1. The highest BCUT2D eigenvalue weighted by molar-refractivity contribution is 5.72. The summed E-state index contributed by atoms with van der Waals surface area (Å²) >= 11 is 0. The average molecular weight is 445 g/mol. The second-order valence-corrected chi connectivity index (χ2v) is 8.86. The van der Waals surface area contributed by atoms with Gasteiger partial charge in [0.15, 0.2) is 0 Å². The van der Waals surface area contributed by atoms with E-state index in [-0.39, 0.29) is 24.4 Å². The van der Waals surface area contributed by atoms with Crippen molar-refractivity contribution in [3.63, 3.8) is 0 Å². The van der Waals surface area contributed by atoms with Crippen LogP contribution in [0.5, 0.6) is 11.5 Å². The minimum atomic E-state index is -0.227. The van der Waals surface area contributed by atoms with Gasteiger partial charge in [-0.2, -0.15) is 0 Å². The number of esters is 1. The first kappa shape index (κ1) is 27.8. The maximum atomic E-state index is 12.2. The van der Waals surface area contributed by atoms with Crippen molar-refractivity contribution in [1.82, 2.24) is 0 Å². The third-order valence-corrected chi connectivity index (χ3v) is 5.79. The Kier molecular flexibility index (Phi) is 13.5. The number of phenols is 1. The number of hydrogen-bond acceptors (Lipinski definition) is 4. The minimum absolute atomic E-state index is 0.0989. The first-order valence-corrected chi connectivity index (χ1v) is 12.2. The van der Waals surface area contributed by atoms with Crippen LogP contribution in [0.1, 0.15) is 97.6 Å². The number of allylic oxidation sites excluding steroid dienone is 4. The van der Waals surface area contributed by atoms with Gasteiger partial charge in [0.25, 0.3) is 0 Å². The Labute approximate surface area is 195 Å². The average Bonchev–Trinajstić information content (AvgIpc) is 2.74. The predicted octanol–water partition coefficient (Wildman–Crippen LogP) is 7.68. The molecule has 0 atom stereocenters. The fourth-order valence-corrected chi connectivity index (χ4v) is 3.60. The number of phenolic OH excluding ortho intramolecular Hbond substituents is 1. The molecule has 0 heterocycles. The van der Waals surface area contributed by atoms with E-state index in [0.29, 0.717) is 12.2 Å². The predicted molar refractivity (Wildman–Crippen MR) is 133 cm³/mol. The van der Waals surface area contributed by atoms with E-state index in [9.17, 15) is 9.90 Å². The molecule has 0 aliphatic carbocycles. The smallest absolute Gasteiger partial charge is 0.311 e. The number of rotatable bonds is 15. The van der Waals surface area contributed by atoms with Gasteiger partial charge >= 0.3 is 5.97 Å². The summed E-state index contributed by atoms with van der Waals surface area (Å²) in [4.78, 5) is 12.2. The fourth-order valence-electron chi connectivity index (χ4n) is 3.60. The molecule has 0 saturated carbocycles. The molecule has 0 aromatic heterocycles. The van der Waals surface area contributed by atoms with Gasteiger partial charge in [0.2, 0.25) is 6.79 Å². The maximum absolute atomic E-state index is 12.2. The quantitative estimate of drug-likeness (QED) is 0.130. The van der Waals surface area contributed by atoms with Gasteiger partial charge in [-0.05, 0) is 83.4 Å². The summed E-state index contributed by atoms with van der Waals surface area (Å²) in [6, 6.07) is 3.84. The Balaban J connectivity index is 2.95. The molecule has 1 rings (SSSR count). The van der Waals surface area contributed by atoms with E-state index >= 15 is 0 Å². The Morgan fingerprint density at radius 3 is 2.41 bits per heavy atom. The number of ether oxygens (including phenoxy) is 2. The number of aromatic hydroxyl groups is 1. The monoisotopic (exact) mass is 444 g/mol. The number of aryl methyl sites for hydroxylation is 1. The van der Waals surface area contributed by atoms with Gasteiger partial charge in [0, 0.05) is 5.56 Å². The maximum Gasteiger partial charge on any atom is 0.311 e. The highest BCUT2D eigenvalue weighted by Gasteiger charge is 2.17. The van der Waals surface area contributed by atoms with E-state index in [4.69, 9.17) is 9.47 Å². The van der Waals surface area contributed by atoms with Crippen molar-refractivity contribution in [2.75, 3.05) is 6.79 Å². The Morgan fingerprint density at radius 1 is 1.06 bits per heavy atom. The van der Waals surface area contributed by atoms with E-state index in [0.717, 1.165) is 62.5 Å². The van der Waals surface area contributed by atoms with E-state index in [1.165, 1.54) is 11.1 Å². The third-order valence-electron chi connectivity index (χ3n) is 5.79. The first-order valence-electron chi connectivity index (χ1n) is 12.2. The second kappa shape index (κ2) is 15.6. The van der Waals surface area contributed by atoms with Gasteiger partial charge in [-0.25, -0.2) is 0 Å². The summed E-state index contributed by atoms with van der Waals surface area (Å²) in [6.07, 6.45) is 12.7. The number of carbonyl (C=O) groups excluding carboxylic acids is 1. The molecule has 4 heteroatoms. The van der Waals surface area contributed by atoms with Gasteiger partial charge in [-0.15, -0.1) is 0 Å². The molecule has 1 aromatic carbocycles. The summed E-state index contributed by atoms with van der Waals surface area (Å²) in [6.45, 7) is 12.3. The molecule has 180 valence electrons. The fraction of sp³-hybridized carbons (Fsp3) is 0.607. The molecule has 1 aromatic rings. The zero-order valence-electron chi connectivity index (χ0n) is 21.1. The van der Waals surface area contributed by atoms with Crippen LogP contribution in [0.25, 0.3) is 0 Å². The lowest BCUT2D eigenvalue weighted by Crippen LogP contribution is -2.19. The van der Waals surface area contributed by atoms with Crippen molar-refractivity contribution >= 4 is 5.97 Å². The first-order chi connectivity index (χ1) is 15.3. The van der Waals surface area contributed by atoms with Gasteiger partial charge in [0.1, 0.15) is 11.5 Å². The lowest BCUT2D eigenvalue weighted by molar-refractivity contribution is -0.155. The highest BCUT2D eigenvalue weighted by Crippen LogP contribution is 2.32. The molecular weight excluding hydrogens is 400 g/mol. The van der Waals surface area contributed by atoms with Gasteiger partial charge < -0.3 is 14.6 Å². The van der Waals surface area contributed by atoms with Gasteiger partial charge in [-0.1, -0.05) is 56.9 Å². The standard InChI is InChI=1S/C28H44O4/c1-7-10-11-15-23-18-26(29)25(17-16-22(6)14-12-13-21(4)5)27(19-23)31-20-32-28(30)24(8-2)9-3/h13,16,18-19,24,29H,7-12,14-15,17,20H2,1-6H3. The van der Waals surface area contributed by atoms with Crippen LogP contribution < -0.4 is 4.74 Å². The molecule has 0 fully saturated rings. The van der Waals surface area contributed by atoms with Crippen LogP contribution in [0.2, 0.25) is 0 Å². The second-order valence-electron chi connectivity index (χ2n) is 8.86. The summed E-state index contributed by atoms with van der Waals surface area (Å²) in [7, 11) is 0. The van der Waals surface area contributed by atoms with Crippen molar-refractivity contribution in [1.29, 1.82) is 0 Å². The molecule has 0 bridgehead atoms. The molecule has 0 aliphatic rings. The van der Waals surface area contributed by atoms with Crippen LogP contribution in [0.3, 0.4) is 0 Å². The molecule has 0 amide bonds. The van der Waals surface area contributed by atoms with E-state index in [1.807, 2.05) is 26.0 Å². The van der Waals surface area contributed by atoms with E-state index in [2.05, 4.69) is 39.8 Å². The van der Waals surface area contributed by atoms with Crippen LogP contribution in [-0.2, 0) is 22.4 Å². The molecule has 0 unspecified atom stereocenters. The minimum Gasteiger partial charge on any atom is -0.508 e. The van der Waals surface area contributed by atoms with E-state index < -0.39 is 0 Å². The molecule has 0 radical (unpaired) electrons. The molecule has 0 aliphatic heterocycles. The van der Waals surface area contributed by atoms with Crippen LogP contribution in [-0.4, -0.2) is 17.9 Å². The van der Waals surface area contributed by atoms with Gasteiger partial charge in [-0.3, -0.25) is 4.79 Å². The summed E-state index contributed by atoms with van der Waals surface area (Å²) in [5.41, 5.74) is 4.39. The van der Waals surface area contributed by atoms with Crippen LogP contribution in [0.4, 0.5) is 0 Å². The SMILES string of the molecule is CCCCCc1cc(O)c(CC=C(C)CCC=C(C)C)c(OCOC(=O)C(CC)CC)c1. The lowest BCUT2D eigenvalue weighted by Gasteiger charge is -2.16. The number of unbranched alkanes of at least 4 members (excludes halogenated alkanes) is 2. The van der Waals surface area contributed by atoms with Crippen LogP contribution in [0.15, 0.2) is 35.4 Å². The molecule has 4 nitrogen and oxygen atoms in total. The van der Waals surface area contributed by atoms with Crippen molar-refractivity contribution in [2.24, 2.45) is 5.92 Å². The Morgan fingerprint density at radius 2 is 1.78 bits per heavy atom. The summed E-state index contributed by atoms with van der Waals surface area (Å²) < 4.78 is 11.2. The van der Waals surface area contributed by atoms with E-state index in [1.54, 1.807) is 0 Å². The summed E-state index contributed by atoms with van der Waals surface area (Å²) in [5.74, 6) is 0.518. The molecule has 1 N–H and O–H groups in total. The molecule has 0 spiro atoms. The summed E-state index contributed by atoms with van der Waals surface area (Å²) in [5, 5.41) is 10.7. The van der Waals surface area contributed by atoms with Crippen LogP contribution in [0, 0.1) is 5.92 Å². The van der Waals surface area contributed by atoms with Crippen molar-refractivity contribution < 1.29 is 19.4 Å². The largest absolute Gasteiger partial charge is 0.508 e.